The van der Waals surface area contributed by atoms with Crippen LogP contribution in [0.4, 0.5) is 0 Å². The lowest BCUT2D eigenvalue weighted by Gasteiger charge is -1.76. The molecule has 0 heterocycles. The Hall–Kier alpha value is 0.822. The Morgan fingerprint density at radius 2 is 2.20 bits per heavy atom. The molecule has 0 aliphatic rings. The third-order valence-corrected chi connectivity index (χ3v) is 1.46. The third kappa shape index (κ3) is 4.82. The Morgan fingerprint density at radius 3 is 2.20 bits per heavy atom. The number of hydrogen-bond donors (Lipinski definition) is 0. The van der Waals surface area contributed by atoms with Gasteiger partial charge in [0.05, 0.1) is 0 Å². The van der Waals surface area contributed by atoms with E-state index < -0.39 is 0 Å². The Bertz CT molecular complexity index is 14.4. The topological polar surface area (TPSA) is 0 Å². The van der Waals surface area contributed by atoms with Crippen molar-refractivity contribution in [2.45, 2.75) is 11.7 Å². The molecule has 0 bridgehead atoms. The zero-order valence-electron chi connectivity index (χ0n) is 3.50. The third-order valence-electron chi connectivity index (χ3n) is 0.487. The van der Waals surface area contributed by atoms with Crippen molar-refractivity contribution in [3.8, 4) is 0 Å². The van der Waals surface area contributed by atoms with E-state index in [-0.39, 0.29) is 0 Å². The van der Waals surface area contributed by atoms with E-state index in [0.717, 1.165) is 5.88 Å². The fourth-order valence-corrected chi connectivity index (χ4v) is 1.20. The molecule has 0 aromatic heterocycles. The summed E-state index contributed by atoms with van der Waals surface area (Å²) in [6.07, 6.45) is 1.22. The van der Waals surface area contributed by atoms with Gasteiger partial charge in [0.25, 0.3) is 0 Å². The SMILES string of the molecule is [AlH2][CH2]CCCl. The predicted molar refractivity (Wildman–Crippen MR) is 28.7 cm³/mol. The van der Waals surface area contributed by atoms with Gasteiger partial charge in [-0.25, -0.2) is 0 Å². The molecule has 0 radical (unpaired) electrons. The van der Waals surface area contributed by atoms with Gasteiger partial charge in [-0.2, -0.15) is 0 Å². The molecule has 0 unspecified atom stereocenters. The highest BCUT2D eigenvalue weighted by atomic mass is 35.5. The number of rotatable bonds is 2. The van der Waals surface area contributed by atoms with Gasteiger partial charge in [0.1, 0.15) is 0 Å². The highest BCUT2D eigenvalue weighted by molar-refractivity contribution is 6.18. The van der Waals surface area contributed by atoms with Gasteiger partial charge in [0.15, 0.2) is 0 Å². The van der Waals surface area contributed by atoms with E-state index in [0.29, 0.717) is 0 Å². The van der Waals surface area contributed by atoms with E-state index in [1.54, 1.807) is 0 Å². The summed E-state index contributed by atoms with van der Waals surface area (Å²) in [5, 5.41) is 1.35. The van der Waals surface area contributed by atoms with Crippen molar-refractivity contribution in [2.24, 2.45) is 0 Å². The van der Waals surface area contributed by atoms with Crippen molar-refractivity contribution in [1.82, 2.24) is 0 Å². The van der Waals surface area contributed by atoms with Crippen LogP contribution < -0.4 is 0 Å². The van der Waals surface area contributed by atoms with Gasteiger partial charge in [-0.3, -0.25) is 0 Å². The first-order valence-corrected chi connectivity index (χ1v) is 3.92. The van der Waals surface area contributed by atoms with Gasteiger partial charge in [-0.1, -0.05) is 6.42 Å². The van der Waals surface area contributed by atoms with Crippen molar-refractivity contribution in [2.75, 3.05) is 5.88 Å². The zero-order chi connectivity index (χ0) is 4.12. The molecular weight excluding hydrogens is 98.5 g/mol. The number of halogens is 1. The normalized spacial score (nSPS) is 8.20. The molecule has 30 valence electrons. The van der Waals surface area contributed by atoms with E-state index >= 15 is 0 Å². The molecule has 2 heteroatoms. The summed E-state index contributed by atoms with van der Waals surface area (Å²) in [5.74, 6) is 0.851. The summed E-state index contributed by atoms with van der Waals surface area (Å²) in [7, 11) is 0. The first kappa shape index (κ1) is 5.82. The molecule has 0 aliphatic carbocycles. The minimum absolute atomic E-state index is 0.851. The van der Waals surface area contributed by atoms with E-state index in [9.17, 15) is 0 Å². The number of hydrogen-bond acceptors (Lipinski definition) is 0. The minimum Gasteiger partial charge on any atom is -0.127 e. The van der Waals surface area contributed by atoms with Crippen LogP contribution in [0.3, 0.4) is 0 Å². The fourth-order valence-electron chi connectivity index (χ4n) is 0.134. The molecule has 5 heavy (non-hydrogen) atoms. The average Bonchev–Trinajstić information content (AvgIpc) is 1.41. The molecule has 0 atom stereocenters. The Kier molecular flexibility index (Phi) is 5.62. The summed E-state index contributed by atoms with van der Waals surface area (Å²) in [6, 6.07) is 0. The second-order valence-corrected chi connectivity index (χ2v) is 2.42. The van der Waals surface area contributed by atoms with Crippen LogP contribution in [0.5, 0.6) is 0 Å². The standard InChI is InChI=1S/C3H6Cl.Al.2H/c1-2-3-4;;;/h1-3H2;;;. The van der Waals surface area contributed by atoms with E-state index in [4.69, 9.17) is 11.6 Å². The van der Waals surface area contributed by atoms with Crippen LogP contribution in [0, 0.1) is 0 Å². The van der Waals surface area contributed by atoms with Gasteiger partial charge >= 0.3 is 0 Å². The van der Waals surface area contributed by atoms with Crippen LogP contribution in [0.2, 0.25) is 5.28 Å². The highest BCUT2D eigenvalue weighted by Gasteiger charge is 1.71. The average molecular weight is 107 g/mol. The molecule has 0 fully saturated rings. The fraction of sp³-hybridized carbons (Fsp3) is 1.00. The van der Waals surface area contributed by atoms with Gasteiger partial charge < -0.3 is 0 Å². The maximum Gasteiger partial charge on any atom is 0.211 e. The van der Waals surface area contributed by atoms with E-state index in [2.05, 4.69) is 0 Å². The molecular formula is C3H8AlCl. The van der Waals surface area contributed by atoms with Crippen molar-refractivity contribution < 1.29 is 0 Å². The lowest BCUT2D eigenvalue weighted by molar-refractivity contribution is 1.09. The van der Waals surface area contributed by atoms with Crippen molar-refractivity contribution in [3.05, 3.63) is 0 Å². The van der Waals surface area contributed by atoms with Crippen molar-refractivity contribution >= 4 is 27.9 Å². The van der Waals surface area contributed by atoms with Crippen LogP contribution in [0.25, 0.3) is 0 Å². The summed E-state index contributed by atoms with van der Waals surface area (Å²) >= 11 is 6.64. The summed E-state index contributed by atoms with van der Waals surface area (Å²) in [4.78, 5) is 0. The summed E-state index contributed by atoms with van der Waals surface area (Å²) in [6.45, 7) is 0. The maximum atomic E-state index is 5.32. The monoisotopic (exact) mass is 106 g/mol. The van der Waals surface area contributed by atoms with Crippen LogP contribution in [-0.2, 0) is 0 Å². The van der Waals surface area contributed by atoms with Crippen LogP contribution in [-0.4, -0.2) is 22.2 Å². The first-order chi connectivity index (χ1) is 2.41. The molecule has 0 aromatic rings. The Labute approximate surface area is 45.9 Å². The quantitative estimate of drug-likeness (QED) is 0.359. The van der Waals surface area contributed by atoms with Gasteiger partial charge in [0, 0.05) is 5.88 Å². The highest BCUT2D eigenvalue weighted by Crippen LogP contribution is 1.84. The van der Waals surface area contributed by atoms with E-state index in [1.165, 1.54) is 28.0 Å². The second-order valence-electron chi connectivity index (χ2n) is 1.04. The molecule has 0 saturated heterocycles. The zero-order valence-corrected chi connectivity index (χ0v) is 6.26. The maximum absolute atomic E-state index is 5.32. The molecule has 0 nitrogen and oxygen atoms in total. The molecule has 0 aromatic carbocycles. The Morgan fingerprint density at radius 1 is 1.60 bits per heavy atom. The Balaban J connectivity index is 2.19. The summed E-state index contributed by atoms with van der Waals surface area (Å²) in [5.41, 5.74) is 0. The minimum atomic E-state index is 0.851. The van der Waals surface area contributed by atoms with Crippen molar-refractivity contribution in [3.63, 3.8) is 0 Å². The molecule has 0 N–H and O–H groups in total. The molecule has 0 saturated carbocycles. The summed E-state index contributed by atoms with van der Waals surface area (Å²) < 4.78 is 0. The van der Waals surface area contributed by atoms with Gasteiger partial charge in [-0.15, -0.1) is 16.9 Å². The lowest BCUT2D eigenvalue weighted by atomic mass is 10.6. The largest absolute Gasteiger partial charge is 0.211 e. The molecule has 0 rings (SSSR count). The van der Waals surface area contributed by atoms with Crippen LogP contribution in [0.15, 0.2) is 0 Å². The predicted octanol–water partition coefficient (Wildman–Crippen LogP) is 0.667. The first-order valence-electron chi connectivity index (χ1n) is 1.97. The lowest BCUT2D eigenvalue weighted by Crippen LogP contribution is -1.68. The molecule has 0 aliphatic heterocycles. The van der Waals surface area contributed by atoms with Gasteiger partial charge in [0.2, 0.25) is 16.3 Å². The number of alkyl halides is 1. The second kappa shape index (κ2) is 4.82. The molecule has 0 spiro atoms. The van der Waals surface area contributed by atoms with Crippen LogP contribution in [0.1, 0.15) is 6.42 Å². The van der Waals surface area contributed by atoms with E-state index in [1.807, 2.05) is 0 Å². The van der Waals surface area contributed by atoms with Gasteiger partial charge in [-0.05, 0) is 0 Å². The molecule has 0 amide bonds. The smallest absolute Gasteiger partial charge is 0.127 e. The van der Waals surface area contributed by atoms with Crippen molar-refractivity contribution in [1.29, 1.82) is 0 Å². The van der Waals surface area contributed by atoms with Crippen LogP contribution >= 0.6 is 11.6 Å².